The fraction of sp³-hybridized carbons (Fsp3) is 0.0952. The number of nitrogens with one attached hydrogen (secondary N) is 1. The lowest BCUT2D eigenvalue weighted by atomic mass is 10.1. The van der Waals surface area contributed by atoms with Crippen molar-refractivity contribution >= 4 is 33.2 Å². The summed E-state index contributed by atoms with van der Waals surface area (Å²) in [6, 6.07) is 23.7. The van der Waals surface area contributed by atoms with Gasteiger partial charge in [-0.3, -0.25) is 9.69 Å². The zero-order valence-corrected chi connectivity index (χ0v) is 15.3. The molecule has 0 saturated carbocycles. The molecule has 3 aromatic carbocycles. The minimum absolute atomic E-state index is 0.0226. The van der Waals surface area contributed by atoms with Gasteiger partial charge in [-0.05, 0) is 52.7 Å². The van der Waals surface area contributed by atoms with Crippen LogP contribution in [0.25, 0.3) is 0 Å². The fourth-order valence-corrected chi connectivity index (χ4v) is 3.67. The number of anilines is 2. The molecule has 0 bridgehead atoms. The van der Waals surface area contributed by atoms with Crippen molar-refractivity contribution in [3.05, 3.63) is 94.0 Å². The molecule has 1 aliphatic rings. The van der Waals surface area contributed by atoms with Crippen molar-refractivity contribution in [2.45, 2.75) is 13.1 Å². The molecular formula is C21H17BrN2O. The average molecular weight is 393 g/mol. The van der Waals surface area contributed by atoms with Crippen molar-refractivity contribution in [1.82, 2.24) is 0 Å². The van der Waals surface area contributed by atoms with Crippen LogP contribution >= 0.6 is 15.9 Å². The summed E-state index contributed by atoms with van der Waals surface area (Å²) in [5.74, 6) is 0.0226. The van der Waals surface area contributed by atoms with Gasteiger partial charge in [-0.25, -0.2) is 0 Å². The van der Waals surface area contributed by atoms with Gasteiger partial charge in [-0.2, -0.15) is 0 Å². The van der Waals surface area contributed by atoms with Crippen molar-refractivity contribution in [2.24, 2.45) is 0 Å². The molecule has 0 unspecified atom stereocenters. The van der Waals surface area contributed by atoms with Crippen LogP contribution in [-0.4, -0.2) is 5.91 Å². The van der Waals surface area contributed by atoms with E-state index in [9.17, 15) is 4.79 Å². The highest BCUT2D eigenvalue weighted by Gasteiger charge is 2.38. The van der Waals surface area contributed by atoms with E-state index in [0.29, 0.717) is 0 Å². The summed E-state index contributed by atoms with van der Waals surface area (Å²) in [5.41, 5.74) is 4.69. The molecule has 0 saturated heterocycles. The molecule has 124 valence electrons. The number of carbonyl (C=O) groups is 1. The summed E-state index contributed by atoms with van der Waals surface area (Å²) in [7, 11) is 0. The Morgan fingerprint density at radius 3 is 2.40 bits per heavy atom. The number of aryl methyl sites for hydroxylation is 1. The molecule has 1 heterocycles. The first-order valence-corrected chi connectivity index (χ1v) is 8.95. The number of carbonyl (C=O) groups excluding carboxylic acids is 1. The normalized spacial score (nSPS) is 16.0. The Hall–Kier alpha value is -2.59. The van der Waals surface area contributed by atoms with Crippen LogP contribution in [0.3, 0.4) is 0 Å². The molecule has 0 fully saturated rings. The second-order valence-corrected chi connectivity index (χ2v) is 6.93. The average Bonchev–Trinajstić information content (AvgIpc) is 2.90. The second-order valence-electron chi connectivity index (χ2n) is 6.08. The lowest BCUT2D eigenvalue weighted by Gasteiger charge is -2.28. The molecule has 4 heteroatoms. The highest BCUT2D eigenvalue weighted by Crippen LogP contribution is 2.40. The third kappa shape index (κ3) is 2.72. The number of halogens is 1. The Kier molecular flexibility index (Phi) is 4.06. The van der Waals surface area contributed by atoms with Gasteiger partial charge in [-0.1, -0.05) is 48.5 Å². The topological polar surface area (TPSA) is 32.3 Å². The third-order valence-electron chi connectivity index (χ3n) is 4.50. The second kappa shape index (κ2) is 6.37. The molecule has 4 rings (SSSR count). The highest BCUT2D eigenvalue weighted by molar-refractivity contribution is 9.10. The fourth-order valence-electron chi connectivity index (χ4n) is 3.27. The Balaban J connectivity index is 1.84. The number of rotatable bonds is 3. The quantitative estimate of drug-likeness (QED) is 0.635. The van der Waals surface area contributed by atoms with Crippen LogP contribution < -0.4 is 10.2 Å². The molecule has 0 aliphatic carbocycles. The van der Waals surface area contributed by atoms with Crippen molar-refractivity contribution in [1.29, 1.82) is 0 Å². The largest absolute Gasteiger partial charge is 0.360 e. The van der Waals surface area contributed by atoms with Crippen LogP contribution in [-0.2, 0) is 0 Å². The van der Waals surface area contributed by atoms with Gasteiger partial charge < -0.3 is 5.32 Å². The van der Waals surface area contributed by atoms with Gasteiger partial charge in [0.1, 0.15) is 6.17 Å². The molecule has 1 N–H and O–H groups in total. The first kappa shape index (κ1) is 15.9. The van der Waals surface area contributed by atoms with Crippen molar-refractivity contribution in [3.63, 3.8) is 0 Å². The number of benzene rings is 3. The lowest BCUT2D eigenvalue weighted by Crippen LogP contribution is -2.32. The van der Waals surface area contributed by atoms with Gasteiger partial charge in [0.25, 0.3) is 5.91 Å². The molecular weight excluding hydrogens is 376 g/mol. The predicted molar refractivity (Wildman–Crippen MR) is 105 cm³/mol. The number of nitrogens with zero attached hydrogens (tertiary/aromatic N) is 1. The minimum atomic E-state index is -0.247. The van der Waals surface area contributed by atoms with Gasteiger partial charge in [0.15, 0.2) is 0 Å². The number of hydrogen-bond acceptors (Lipinski definition) is 2. The number of para-hydroxylation sites is 2. The molecule has 1 amide bonds. The Morgan fingerprint density at radius 2 is 1.60 bits per heavy atom. The monoisotopic (exact) mass is 392 g/mol. The van der Waals surface area contributed by atoms with E-state index in [1.54, 1.807) is 0 Å². The van der Waals surface area contributed by atoms with Gasteiger partial charge in [0, 0.05) is 21.3 Å². The van der Waals surface area contributed by atoms with Crippen molar-refractivity contribution in [3.8, 4) is 0 Å². The molecule has 0 aromatic heterocycles. The zero-order valence-electron chi connectivity index (χ0n) is 13.7. The summed E-state index contributed by atoms with van der Waals surface area (Å²) >= 11 is 3.58. The van der Waals surface area contributed by atoms with Crippen LogP contribution in [0, 0.1) is 6.92 Å². The predicted octanol–water partition coefficient (Wildman–Crippen LogP) is 5.53. The molecule has 3 aromatic rings. The summed E-state index contributed by atoms with van der Waals surface area (Å²) in [5, 5.41) is 3.53. The van der Waals surface area contributed by atoms with Gasteiger partial charge in [-0.15, -0.1) is 0 Å². The Labute approximate surface area is 155 Å². The third-order valence-corrected chi connectivity index (χ3v) is 5.20. The maximum absolute atomic E-state index is 13.1. The summed E-state index contributed by atoms with van der Waals surface area (Å²) < 4.78 is 0.969. The molecule has 0 radical (unpaired) electrons. The first-order valence-electron chi connectivity index (χ1n) is 8.16. The van der Waals surface area contributed by atoms with E-state index in [-0.39, 0.29) is 12.1 Å². The van der Waals surface area contributed by atoms with E-state index in [1.807, 2.05) is 84.6 Å². The molecule has 3 nitrogen and oxygen atoms in total. The van der Waals surface area contributed by atoms with Gasteiger partial charge in [0.2, 0.25) is 0 Å². The van der Waals surface area contributed by atoms with E-state index in [0.717, 1.165) is 32.5 Å². The number of fused-ring (bicyclic) bond motifs is 1. The van der Waals surface area contributed by atoms with E-state index < -0.39 is 0 Å². The summed E-state index contributed by atoms with van der Waals surface area (Å²) in [4.78, 5) is 15.0. The summed E-state index contributed by atoms with van der Waals surface area (Å²) in [6.45, 7) is 2.03. The van der Waals surface area contributed by atoms with Crippen LogP contribution in [0.1, 0.15) is 27.7 Å². The highest BCUT2D eigenvalue weighted by atomic mass is 79.9. The lowest BCUT2D eigenvalue weighted by molar-refractivity contribution is 0.0993. The van der Waals surface area contributed by atoms with E-state index in [4.69, 9.17) is 0 Å². The number of hydrogen-bond donors (Lipinski definition) is 1. The summed E-state index contributed by atoms with van der Waals surface area (Å²) in [6.07, 6.45) is -0.247. The van der Waals surface area contributed by atoms with Crippen LogP contribution in [0.4, 0.5) is 11.4 Å². The molecule has 25 heavy (non-hydrogen) atoms. The van der Waals surface area contributed by atoms with E-state index >= 15 is 0 Å². The van der Waals surface area contributed by atoms with Crippen LogP contribution in [0.5, 0.6) is 0 Å². The molecule has 0 spiro atoms. The van der Waals surface area contributed by atoms with Gasteiger partial charge >= 0.3 is 0 Å². The smallest absolute Gasteiger partial charge is 0.260 e. The molecule has 1 aliphatic heterocycles. The Bertz CT molecular complexity index is 954. The zero-order chi connectivity index (χ0) is 17.4. The first-order chi connectivity index (χ1) is 12.2. The van der Waals surface area contributed by atoms with Crippen molar-refractivity contribution in [2.75, 3.05) is 10.2 Å². The standard InChI is InChI=1S/C21H17BrN2O/c1-14-8-2-7-13-19(14)24-20(23-18-12-6-5-11-17(18)22)15-9-3-4-10-16(15)21(24)25/h2-13,20,23H,1H3/t20-/m0/s1. The number of amides is 1. The maximum atomic E-state index is 13.1. The van der Waals surface area contributed by atoms with E-state index in [1.165, 1.54) is 0 Å². The van der Waals surface area contributed by atoms with Crippen molar-refractivity contribution < 1.29 is 4.79 Å². The Morgan fingerprint density at radius 1 is 0.920 bits per heavy atom. The van der Waals surface area contributed by atoms with Crippen LogP contribution in [0.15, 0.2) is 77.3 Å². The minimum Gasteiger partial charge on any atom is -0.360 e. The van der Waals surface area contributed by atoms with Crippen LogP contribution in [0.2, 0.25) is 0 Å². The maximum Gasteiger partial charge on any atom is 0.260 e. The van der Waals surface area contributed by atoms with E-state index in [2.05, 4.69) is 21.2 Å². The molecule has 1 atom stereocenters. The SMILES string of the molecule is Cc1ccccc1N1C(=O)c2ccccc2[C@H]1Nc1ccccc1Br. The van der Waals surface area contributed by atoms with Gasteiger partial charge in [0.05, 0.1) is 5.69 Å².